The molecule has 0 saturated heterocycles. The quantitative estimate of drug-likeness (QED) is 0.430. The molecule has 0 atom stereocenters. The molecule has 0 aliphatic carbocycles. The fourth-order valence-corrected chi connectivity index (χ4v) is 3.49. The maximum absolute atomic E-state index is 12.5. The fourth-order valence-electron chi connectivity index (χ4n) is 2.79. The third-order valence-electron chi connectivity index (χ3n) is 4.28. The zero-order chi connectivity index (χ0) is 21.6. The van der Waals surface area contributed by atoms with Crippen LogP contribution in [0.5, 0.6) is 0 Å². The third kappa shape index (κ3) is 5.14. The van der Waals surface area contributed by atoms with Gasteiger partial charge in [-0.1, -0.05) is 6.07 Å². The molecule has 4 rings (SSSR count). The van der Waals surface area contributed by atoms with Crippen molar-refractivity contribution in [3.63, 3.8) is 0 Å². The standard InChI is InChI=1S/C20H18N6O4S/c27-18(11-17-4-2-10-31-17)22-14-5-7-15(8-6-14)26-20(29)25(23-24-26)13-19(28)21-12-16-3-1-9-30-16/h1-10H,11-13H2,(H,21,28)(H,22,27). The van der Waals surface area contributed by atoms with Crippen LogP contribution >= 0.6 is 11.3 Å². The van der Waals surface area contributed by atoms with Gasteiger partial charge in [0, 0.05) is 10.6 Å². The number of aromatic nitrogens is 4. The highest BCUT2D eigenvalue weighted by Crippen LogP contribution is 2.14. The molecule has 11 heteroatoms. The maximum Gasteiger partial charge on any atom is 0.368 e. The number of hydrogen-bond acceptors (Lipinski definition) is 7. The van der Waals surface area contributed by atoms with E-state index in [-0.39, 0.29) is 19.0 Å². The number of rotatable bonds is 8. The summed E-state index contributed by atoms with van der Waals surface area (Å²) in [6, 6.07) is 13.9. The first-order chi connectivity index (χ1) is 15.1. The smallest absolute Gasteiger partial charge is 0.368 e. The lowest BCUT2D eigenvalue weighted by atomic mass is 10.2. The first kappa shape index (κ1) is 20.3. The zero-order valence-corrected chi connectivity index (χ0v) is 17.0. The molecule has 4 aromatic rings. The summed E-state index contributed by atoms with van der Waals surface area (Å²) < 4.78 is 7.19. The number of nitrogens with zero attached hydrogens (tertiary/aromatic N) is 4. The van der Waals surface area contributed by atoms with Crippen LogP contribution in [0.15, 0.2) is 69.4 Å². The molecular formula is C20H18N6O4S. The lowest BCUT2D eigenvalue weighted by molar-refractivity contribution is -0.122. The van der Waals surface area contributed by atoms with Crippen molar-refractivity contribution in [2.45, 2.75) is 19.5 Å². The van der Waals surface area contributed by atoms with Gasteiger partial charge in [0.25, 0.3) is 0 Å². The largest absolute Gasteiger partial charge is 0.467 e. The minimum absolute atomic E-state index is 0.126. The Labute approximate surface area is 180 Å². The predicted molar refractivity (Wildman–Crippen MR) is 113 cm³/mol. The van der Waals surface area contributed by atoms with Crippen molar-refractivity contribution in [1.29, 1.82) is 0 Å². The number of amides is 2. The lowest BCUT2D eigenvalue weighted by Crippen LogP contribution is -2.33. The van der Waals surface area contributed by atoms with Crippen molar-refractivity contribution < 1.29 is 14.0 Å². The molecule has 2 N–H and O–H groups in total. The highest BCUT2D eigenvalue weighted by atomic mass is 32.1. The number of hydrogen-bond donors (Lipinski definition) is 2. The van der Waals surface area contributed by atoms with E-state index in [1.807, 2.05) is 17.5 Å². The molecule has 0 fully saturated rings. The summed E-state index contributed by atoms with van der Waals surface area (Å²) in [6.45, 7) is -0.0508. The SMILES string of the molecule is O=C(Cn1nnn(-c2ccc(NC(=O)Cc3cccs3)cc2)c1=O)NCc1ccco1. The van der Waals surface area contributed by atoms with E-state index in [1.165, 1.54) is 17.6 Å². The lowest BCUT2D eigenvalue weighted by Gasteiger charge is -2.05. The minimum atomic E-state index is -0.553. The molecule has 0 radical (unpaired) electrons. The molecule has 0 saturated carbocycles. The fraction of sp³-hybridized carbons (Fsp3) is 0.150. The Hall–Kier alpha value is -3.99. The first-order valence-electron chi connectivity index (χ1n) is 9.33. The Kier molecular flexibility index (Phi) is 6.03. The van der Waals surface area contributed by atoms with Crippen molar-refractivity contribution in [3.8, 4) is 5.69 Å². The van der Waals surface area contributed by atoms with E-state index >= 15 is 0 Å². The highest BCUT2D eigenvalue weighted by molar-refractivity contribution is 7.10. The number of benzene rings is 1. The zero-order valence-electron chi connectivity index (χ0n) is 16.2. The van der Waals surface area contributed by atoms with Gasteiger partial charge in [-0.05, 0) is 58.3 Å². The van der Waals surface area contributed by atoms with Crippen LogP contribution in [-0.4, -0.2) is 31.6 Å². The number of anilines is 1. The summed E-state index contributed by atoms with van der Waals surface area (Å²) in [6.07, 6.45) is 1.81. The van der Waals surface area contributed by atoms with Gasteiger partial charge in [-0.15, -0.1) is 11.3 Å². The van der Waals surface area contributed by atoms with Gasteiger partial charge in [-0.2, -0.15) is 9.36 Å². The molecule has 0 spiro atoms. The van der Waals surface area contributed by atoms with Crippen molar-refractivity contribution in [3.05, 3.63) is 81.3 Å². The van der Waals surface area contributed by atoms with E-state index in [0.717, 1.165) is 14.2 Å². The van der Waals surface area contributed by atoms with Gasteiger partial charge >= 0.3 is 5.69 Å². The Bertz CT molecular complexity index is 1210. The molecular weight excluding hydrogens is 420 g/mol. The van der Waals surface area contributed by atoms with Crippen molar-refractivity contribution >= 4 is 28.8 Å². The molecule has 3 heterocycles. The number of tetrazole rings is 1. The van der Waals surface area contributed by atoms with Crippen LogP contribution in [0.2, 0.25) is 0 Å². The topological polar surface area (TPSA) is 124 Å². The van der Waals surface area contributed by atoms with E-state index < -0.39 is 11.6 Å². The molecule has 31 heavy (non-hydrogen) atoms. The first-order valence-corrected chi connectivity index (χ1v) is 10.2. The normalized spacial score (nSPS) is 10.7. The summed E-state index contributed by atoms with van der Waals surface area (Å²) in [7, 11) is 0. The second-order valence-corrected chi connectivity index (χ2v) is 7.57. The Morgan fingerprint density at radius 3 is 2.58 bits per heavy atom. The van der Waals surface area contributed by atoms with Crippen molar-refractivity contribution in [2.24, 2.45) is 0 Å². The van der Waals surface area contributed by atoms with Crippen molar-refractivity contribution in [1.82, 2.24) is 25.1 Å². The number of furan rings is 1. The summed E-state index contributed by atoms with van der Waals surface area (Å²) in [5, 5.41) is 14.9. The highest BCUT2D eigenvalue weighted by Gasteiger charge is 2.13. The van der Waals surface area contributed by atoms with Crippen LogP contribution in [0, 0.1) is 0 Å². The van der Waals surface area contributed by atoms with E-state index in [1.54, 1.807) is 36.4 Å². The van der Waals surface area contributed by atoms with Crippen LogP contribution in [0.4, 0.5) is 5.69 Å². The summed E-state index contributed by atoms with van der Waals surface area (Å²) in [4.78, 5) is 37.6. The third-order valence-corrected chi connectivity index (χ3v) is 5.16. The number of carbonyl (C=O) groups excluding carboxylic acids is 2. The summed E-state index contributed by atoms with van der Waals surface area (Å²) in [5.41, 5.74) is 0.508. The molecule has 1 aromatic carbocycles. The van der Waals surface area contributed by atoms with Crippen LogP contribution < -0.4 is 16.3 Å². The van der Waals surface area contributed by atoms with E-state index in [9.17, 15) is 14.4 Å². The second kappa shape index (κ2) is 9.22. The Balaban J connectivity index is 1.36. The minimum Gasteiger partial charge on any atom is -0.467 e. The monoisotopic (exact) mass is 438 g/mol. The number of thiophene rings is 1. The average molecular weight is 438 g/mol. The van der Waals surface area contributed by atoms with Gasteiger partial charge in [0.1, 0.15) is 12.3 Å². The second-order valence-electron chi connectivity index (χ2n) is 6.54. The number of carbonyl (C=O) groups is 2. The molecule has 3 aromatic heterocycles. The average Bonchev–Trinajstić information content (AvgIpc) is 3.51. The van der Waals surface area contributed by atoms with Crippen LogP contribution in [0.1, 0.15) is 10.6 Å². The molecule has 10 nitrogen and oxygen atoms in total. The Morgan fingerprint density at radius 1 is 1.03 bits per heavy atom. The molecule has 0 bridgehead atoms. The van der Waals surface area contributed by atoms with Gasteiger partial charge in [0.05, 0.1) is 24.9 Å². The molecule has 0 aliphatic heterocycles. The van der Waals surface area contributed by atoms with E-state index in [2.05, 4.69) is 21.1 Å². The van der Waals surface area contributed by atoms with Crippen LogP contribution in [0.3, 0.4) is 0 Å². The van der Waals surface area contributed by atoms with Crippen molar-refractivity contribution in [2.75, 3.05) is 5.32 Å². The van der Waals surface area contributed by atoms with Gasteiger partial charge < -0.3 is 15.1 Å². The predicted octanol–water partition coefficient (Wildman–Crippen LogP) is 1.58. The molecule has 158 valence electrons. The van der Waals surface area contributed by atoms with Crippen LogP contribution in [0.25, 0.3) is 5.69 Å². The van der Waals surface area contributed by atoms with Gasteiger partial charge in [-0.3, -0.25) is 9.59 Å². The summed E-state index contributed by atoms with van der Waals surface area (Å²) >= 11 is 1.52. The molecule has 0 aliphatic rings. The van der Waals surface area contributed by atoms with Crippen LogP contribution in [-0.2, 0) is 29.1 Å². The number of nitrogens with one attached hydrogen (secondary N) is 2. The molecule has 0 unspecified atom stereocenters. The van der Waals surface area contributed by atoms with Gasteiger partial charge in [-0.25, -0.2) is 4.79 Å². The molecule has 2 amide bonds. The van der Waals surface area contributed by atoms with E-state index in [0.29, 0.717) is 23.6 Å². The van der Waals surface area contributed by atoms with Gasteiger partial charge in [0.15, 0.2) is 0 Å². The van der Waals surface area contributed by atoms with E-state index in [4.69, 9.17) is 4.42 Å². The maximum atomic E-state index is 12.5. The summed E-state index contributed by atoms with van der Waals surface area (Å²) in [5.74, 6) is 0.0835. The van der Waals surface area contributed by atoms with Gasteiger partial charge in [0.2, 0.25) is 11.8 Å². The Morgan fingerprint density at radius 2 is 1.87 bits per heavy atom.